The molecule has 0 saturated carbocycles. The molecule has 0 unspecified atom stereocenters. The van der Waals surface area contributed by atoms with E-state index in [4.69, 9.17) is 0 Å². The van der Waals surface area contributed by atoms with Crippen LogP contribution in [-0.4, -0.2) is 61.3 Å². The third-order valence-electron chi connectivity index (χ3n) is 6.81. The number of alkyl halides is 6. The fourth-order valence-corrected chi connectivity index (χ4v) is 5.86. The molecule has 0 aromatic heterocycles. The van der Waals surface area contributed by atoms with Gasteiger partial charge in [-0.05, 0) is 35.7 Å². The number of rotatable bonds is 6. The summed E-state index contributed by atoms with van der Waals surface area (Å²) in [6.07, 6.45) is -11.9. The molecule has 210 valence electrons. The van der Waals surface area contributed by atoms with Gasteiger partial charge in [0.15, 0.2) is 0 Å². The molecule has 1 aliphatic heterocycles. The van der Waals surface area contributed by atoms with Gasteiger partial charge in [-0.1, -0.05) is 66.2 Å². The second-order valence-corrected chi connectivity index (χ2v) is 11.4. The molecule has 1 fully saturated rings. The molecule has 39 heavy (non-hydrogen) atoms. The van der Waals surface area contributed by atoms with Gasteiger partial charge in [-0.25, -0.2) is 8.42 Å². The maximum atomic E-state index is 13.1. The summed E-state index contributed by atoms with van der Waals surface area (Å²) in [6.45, 7) is 4.15. The smallest absolute Gasteiger partial charge is 0.369 e. The van der Waals surface area contributed by atoms with Gasteiger partial charge < -0.3 is 5.11 Å². The summed E-state index contributed by atoms with van der Waals surface area (Å²) >= 11 is 0. The lowest BCUT2D eigenvalue weighted by Crippen LogP contribution is -2.53. The Morgan fingerprint density at radius 2 is 1.18 bits per heavy atom. The monoisotopic (exact) mass is 572 g/mol. The Morgan fingerprint density at radius 1 is 0.718 bits per heavy atom. The van der Waals surface area contributed by atoms with Gasteiger partial charge in [0.25, 0.3) is 5.60 Å². The maximum Gasteiger partial charge on any atom is 0.430 e. The molecule has 0 amide bonds. The van der Waals surface area contributed by atoms with Gasteiger partial charge in [0.1, 0.15) is 0 Å². The van der Waals surface area contributed by atoms with E-state index in [-0.39, 0.29) is 4.90 Å². The molecule has 0 atom stereocenters. The molecule has 0 spiro atoms. The van der Waals surface area contributed by atoms with E-state index < -0.39 is 33.5 Å². The van der Waals surface area contributed by atoms with E-state index >= 15 is 0 Å². The summed E-state index contributed by atoms with van der Waals surface area (Å²) in [7, 11) is -3.57. The quantitative estimate of drug-likeness (QED) is 0.398. The van der Waals surface area contributed by atoms with Crippen LogP contribution in [0.15, 0.2) is 77.7 Å². The number of benzene rings is 3. The molecule has 1 aliphatic rings. The molecule has 1 N–H and O–H groups in total. The zero-order chi connectivity index (χ0) is 28.6. The number of piperazine rings is 1. The van der Waals surface area contributed by atoms with Crippen molar-refractivity contribution in [1.82, 2.24) is 9.21 Å². The molecule has 3 aromatic carbocycles. The summed E-state index contributed by atoms with van der Waals surface area (Å²) in [5.74, 6) is 0. The number of halogens is 6. The first kappa shape index (κ1) is 29.1. The van der Waals surface area contributed by atoms with Gasteiger partial charge in [-0.2, -0.15) is 30.6 Å². The Labute approximate surface area is 222 Å². The molecule has 0 bridgehead atoms. The molecule has 1 saturated heterocycles. The van der Waals surface area contributed by atoms with Crippen LogP contribution in [0.1, 0.15) is 16.7 Å². The molecule has 12 heteroatoms. The highest BCUT2D eigenvalue weighted by atomic mass is 32.2. The van der Waals surface area contributed by atoms with Crippen LogP contribution in [0.5, 0.6) is 0 Å². The first-order valence-electron chi connectivity index (χ1n) is 12.0. The number of nitrogens with zero attached hydrogens (tertiary/aromatic N) is 2. The van der Waals surface area contributed by atoms with E-state index in [0.29, 0.717) is 56.0 Å². The van der Waals surface area contributed by atoms with Crippen molar-refractivity contribution in [2.45, 2.75) is 36.3 Å². The summed E-state index contributed by atoms with van der Waals surface area (Å²) in [5, 5.41) is 9.55. The van der Waals surface area contributed by atoms with E-state index in [1.807, 2.05) is 6.92 Å². The fourth-order valence-electron chi connectivity index (χ4n) is 4.44. The van der Waals surface area contributed by atoms with Gasteiger partial charge in [0.05, 0.1) is 4.90 Å². The molecular weight excluding hydrogens is 546 g/mol. The van der Waals surface area contributed by atoms with Gasteiger partial charge in [-0.15, -0.1) is 0 Å². The first-order chi connectivity index (χ1) is 18.1. The molecular formula is C27H26F6N2O3S. The largest absolute Gasteiger partial charge is 0.430 e. The number of hydrogen-bond acceptors (Lipinski definition) is 4. The van der Waals surface area contributed by atoms with Crippen molar-refractivity contribution in [2.75, 3.05) is 26.2 Å². The van der Waals surface area contributed by atoms with E-state index in [1.165, 1.54) is 4.31 Å². The number of aliphatic hydroxyl groups is 1. The van der Waals surface area contributed by atoms with E-state index in [0.717, 1.165) is 23.3 Å². The van der Waals surface area contributed by atoms with Crippen molar-refractivity contribution in [3.63, 3.8) is 0 Å². The normalized spacial score (nSPS) is 16.4. The minimum atomic E-state index is -5.94. The van der Waals surface area contributed by atoms with Crippen LogP contribution in [0.3, 0.4) is 0 Å². The van der Waals surface area contributed by atoms with Crippen LogP contribution in [0, 0.1) is 6.92 Å². The van der Waals surface area contributed by atoms with E-state index in [2.05, 4.69) is 4.90 Å². The Bertz CT molecular complexity index is 1370. The summed E-state index contributed by atoms with van der Waals surface area (Å²) in [6, 6.07) is 17.1. The zero-order valence-corrected chi connectivity index (χ0v) is 21.6. The van der Waals surface area contributed by atoms with Crippen LogP contribution in [0.2, 0.25) is 0 Å². The minimum Gasteiger partial charge on any atom is -0.369 e. The summed E-state index contributed by atoms with van der Waals surface area (Å²) in [5.41, 5.74) is -3.45. The molecule has 5 nitrogen and oxygen atoms in total. The van der Waals surface area contributed by atoms with Crippen LogP contribution in [0.4, 0.5) is 26.3 Å². The van der Waals surface area contributed by atoms with Crippen LogP contribution in [-0.2, 0) is 22.2 Å². The Balaban J connectivity index is 1.39. The third kappa shape index (κ3) is 5.84. The average molecular weight is 573 g/mol. The topological polar surface area (TPSA) is 60.9 Å². The predicted molar refractivity (Wildman–Crippen MR) is 133 cm³/mol. The lowest BCUT2D eigenvalue weighted by atomic mass is 9.90. The van der Waals surface area contributed by atoms with Crippen LogP contribution >= 0.6 is 0 Å². The standard InChI is InChI=1S/C27H26F6N2O3S/c1-19-2-12-24(13-3-19)39(37,38)35-16-14-34(15-17-35)18-20-4-6-21(7-5-20)22-8-10-23(11-9-22)25(36,26(28,29)30)27(31,32)33/h2-13,36H,14-18H2,1H3. The van der Waals surface area contributed by atoms with Crippen molar-refractivity contribution in [1.29, 1.82) is 0 Å². The number of aryl methyl sites for hydroxylation is 1. The Morgan fingerprint density at radius 3 is 1.64 bits per heavy atom. The Hall–Kier alpha value is -2.93. The zero-order valence-electron chi connectivity index (χ0n) is 20.8. The lowest BCUT2D eigenvalue weighted by Gasteiger charge is -2.34. The van der Waals surface area contributed by atoms with Gasteiger partial charge in [0.2, 0.25) is 10.0 Å². The molecule has 1 heterocycles. The van der Waals surface area contributed by atoms with Crippen molar-refractivity contribution in [3.8, 4) is 11.1 Å². The SMILES string of the molecule is Cc1ccc(S(=O)(=O)N2CCN(Cc3ccc(-c4ccc(C(O)(C(F)(F)F)C(F)(F)F)cc4)cc3)CC2)cc1. The Kier molecular flexibility index (Phi) is 7.87. The van der Waals surface area contributed by atoms with Crippen molar-refractivity contribution in [3.05, 3.63) is 89.5 Å². The molecule has 0 aliphatic carbocycles. The average Bonchev–Trinajstić information content (AvgIpc) is 2.88. The summed E-state index contributed by atoms with van der Waals surface area (Å²) in [4.78, 5) is 2.35. The lowest BCUT2D eigenvalue weighted by molar-refractivity contribution is -0.376. The highest BCUT2D eigenvalue weighted by Crippen LogP contribution is 2.50. The number of sulfonamides is 1. The molecule has 3 aromatic rings. The molecule has 0 radical (unpaired) electrons. The van der Waals surface area contributed by atoms with Crippen molar-refractivity contribution in [2.24, 2.45) is 0 Å². The van der Waals surface area contributed by atoms with Gasteiger partial charge in [0, 0.05) is 38.3 Å². The highest BCUT2D eigenvalue weighted by molar-refractivity contribution is 7.89. The highest BCUT2D eigenvalue weighted by Gasteiger charge is 2.71. The second-order valence-electron chi connectivity index (χ2n) is 9.47. The van der Waals surface area contributed by atoms with Gasteiger partial charge >= 0.3 is 12.4 Å². The fraction of sp³-hybridized carbons (Fsp3) is 0.333. The predicted octanol–water partition coefficient (Wildman–Crippen LogP) is 5.48. The van der Waals surface area contributed by atoms with E-state index in [9.17, 15) is 39.9 Å². The van der Waals surface area contributed by atoms with Crippen LogP contribution < -0.4 is 0 Å². The van der Waals surface area contributed by atoms with E-state index in [1.54, 1.807) is 48.5 Å². The number of hydrogen-bond donors (Lipinski definition) is 1. The first-order valence-corrected chi connectivity index (χ1v) is 13.4. The minimum absolute atomic E-state index is 0.256. The third-order valence-corrected chi connectivity index (χ3v) is 8.72. The maximum absolute atomic E-state index is 13.1. The van der Waals surface area contributed by atoms with Crippen LogP contribution in [0.25, 0.3) is 11.1 Å². The second kappa shape index (κ2) is 10.6. The van der Waals surface area contributed by atoms with Crippen molar-refractivity contribution < 1.29 is 39.9 Å². The molecule has 4 rings (SSSR count). The van der Waals surface area contributed by atoms with Crippen molar-refractivity contribution >= 4 is 10.0 Å². The summed E-state index contributed by atoms with van der Waals surface area (Å²) < 4.78 is 106. The van der Waals surface area contributed by atoms with Gasteiger partial charge in [-0.3, -0.25) is 4.90 Å².